The molecule has 7 heteroatoms. The normalized spacial score (nSPS) is 10.2. The molecule has 0 saturated heterocycles. The number of halogens is 1. The quantitative estimate of drug-likeness (QED) is 0.834. The van der Waals surface area contributed by atoms with Crippen LogP contribution in [0.1, 0.15) is 5.01 Å². The van der Waals surface area contributed by atoms with Crippen molar-refractivity contribution >= 4 is 39.7 Å². The highest BCUT2D eigenvalue weighted by Crippen LogP contribution is 2.11. The molecule has 78 valence electrons. The molecule has 0 bridgehead atoms. The van der Waals surface area contributed by atoms with Crippen molar-refractivity contribution in [1.29, 1.82) is 0 Å². The Labute approximate surface area is 103 Å². The number of thiazole rings is 1. The van der Waals surface area contributed by atoms with Gasteiger partial charge in [-0.05, 0) is 22.6 Å². The van der Waals surface area contributed by atoms with Crippen molar-refractivity contribution in [3.8, 4) is 0 Å². The third-order valence-corrected chi connectivity index (χ3v) is 3.47. The Balaban J connectivity index is 2.12. The number of rotatable bonds is 3. The molecule has 2 rings (SSSR count). The zero-order valence-electron chi connectivity index (χ0n) is 7.53. The lowest BCUT2D eigenvalue weighted by atomic mass is 10.5. The number of H-pyrrole nitrogens is 1. The van der Waals surface area contributed by atoms with Gasteiger partial charge in [0.05, 0.1) is 12.9 Å². The summed E-state index contributed by atoms with van der Waals surface area (Å²) in [6.45, 7) is 0.587. The number of aromatic amines is 1. The fraction of sp³-hybridized carbons (Fsp3) is 0.125. The van der Waals surface area contributed by atoms with E-state index in [-0.39, 0.29) is 5.56 Å². The van der Waals surface area contributed by atoms with E-state index < -0.39 is 0 Å². The fourth-order valence-corrected chi connectivity index (χ4v) is 2.05. The Morgan fingerprint density at radius 1 is 1.53 bits per heavy atom. The van der Waals surface area contributed by atoms with Crippen LogP contribution in [0, 0.1) is 3.57 Å². The number of aromatic nitrogens is 3. The van der Waals surface area contributed by atoms with Gasteiger partial charge in [-0.1, -0.05) is 0 Å². The molecule has 0 aliphatic carbocycles. The predicted molar refractivity (Wildman–Crippen MR) is 67.0 cm³/mol. The van der Waals surface area contributed by atoms with Crippen LogP contribution in [0.2, 0.25) is 0 Å². The molecule has 5 nitrogen and oxygen atoms in total. The lowest BCUT2D eigenvalue weighted by Gasteiger charge is -2.03. The molecule has 0 aliphatic rings. The van der Waals surface area contributed by atoms with Gasteiger partial charge in [0, 0.05) is 11.6 Å². The number of hydrogen-bond donors (Lipinski definition) is 2. The molecule has 0 amide bonds. The topological polar surface area (TPSA) is 70.7 Å². The summed E-state index contributed by atoms with van der Waals surface area (Å²) in [5.41, 5.74) is -0.132. The van der Waals surface area contributed by atoms with E-state index in [1.165, 1.54) is 6.33 Å². The minimum absolute atomic E-state index is 0.132. The molecule has 0 saturated carbocycles. The third kappa shape index (κ3) is 2.53. The van der Waals surface area contributed by atoms with E-state index >= 15 is 0 Å². The van der Waals surface area contributed by atoms with Crippen molar-refractivity contribution < 1.29 is 0 Å². The van der Waals surface area contributed by atoms with Crippen molar-refractivity contribution in [3.05, 3.63) is 36.8 Å². The first-order valence-electron chi connectivity index (χ1n) is 4.13. The smallest absolute Gasteiger partial charge is 0.266 e. The molecule has 0 spiro atoms. The molecule has 0 radical (unpaired) electrons. The summed E-state index contributed by atoms with van der Waals surface area (Å²) in [6.07, 6.45) is 3.13. The van der Waals surface area contributed by atoms with Crippen LogP contribution in [0.3, 0.4) is 0 Å². The summed E-state index contributed by atoms with van der Waals surface area (Å²) < 4.78 is 0.562. The van der Waals surface area contributed by atoms with Crippen molar-refractivity contribution in [1.82, 2.24) is 15.0 Å². The Bertz CT molecular complexity index is 496. The average Bonchev–Trinajstić information content (AvgIpc) is 2.73. The molecular weight excluding hydrogens is 327 g/mol. The fourth-order valence-electron chi connectivity index (χ4n) is 1.01. The maximum Gasteiger partial charge on any atom is 0.266 e. The maximum absolute atomic E-state index is 11.2. The monoisotopic (exact) mass is 334 g/mol. The molecule has 15 heavy (non-hydrogen) atoms. The largest absolute Gasteiger partial charge is 0.362 e. The molecule has 0 fully saturated rings. The number of anilines is 1. The highest BCUT2D eigenvalue weighted by Gasteiger charge is 2.04. The number of nitrogens with zero attached hydrogens (tertiary/aromatic N) is 2. The van der Waals surface area contributed by atoms with Gasteiger partial charge in [0.25, 0.3) is 5.56 Å². The Kier molecular flexibility index (Phi) is 3.31. The van der Waals surface area contributed by atoms with E-state index in [9.17, 15) is 4.79 Å². The molecule has 0 aromatic carbocycles. The number of nitrogens with one attached hydrogen (secondary N) is 2. The first-order chi connectivity index (χ1) is 7.27. The van der Waals surface area contributed by atoms with Gasteiger partial charge >= 0.3 is 0 Å². The van der Waals surface area contributed by atoms with E-state index in [1.54, 1.807) is 17.5 Å². The molecule has 2 aromatic heterocycles. The van der Waals surface area contributed by atoms with E-state index in [0.717, 1.165) is 5.01 Å². The van der Waals surface area contributed by atoms with Gasteiger partial charge < -0.3 is 10.3 Å². The second-order valence-corrected chi connectivity index (χ2v) is 4.73. The predicted octanol–water partition coefficient (Wildman–Crippen LogP) is 1.44. The third-order valence-electron chi connectivity index (χ3n) is 1.69. The molecule has 2 aromatic rings. The van der Waals surface area contributed by atoms with E-state index in [2.05, 4.69) is 20.3 Å². The van der Waals surface area contributed by atoms with Crippen molar-refractivity contribution in [2.75, 3.05) is 5.32 Å². The summed E-state index contributed by atoms with van der Waals surface area (Å²) in [7, 11) is 0. The molecule has 0 unspecified atom stereocenters. The van der Waals surface area contributed by atoms with E-state index in [4.69, 9.17) is 0 Å². The summed E-state index contributed by atoms with van der Waals surface area (Å²) >= 11 is 3.52. The van der Waals surface area contributed by atoms with Gasteiger partial charge in [0.2, 0.25) is 0 Å². The lowest BCUT2D eigenvalue weighted by Crippen LogP contribution is -2.14. The van der Waals surface area contributed by atoms with Gasteiger partial charge in [0.15, 0.2) is 0 Å². The van der Waals surface area contributed by atoms with Crippen molar-refractivity contribution in [2.45, 2.75) is 6.54 Å². The van der Waals surface area contributed by atoms with Crippen LogP contribution in [0.4, 0.5) is 5.82 Å². The SMILES string of the molecule is O=c1[nH]cnc(NCc2nccs2)c1I. The minimum atomic E-state index is -0.132. The number of hydrogen-bond acceptors (Lipinski definition) is 5. The summed E-state index contributed by atoms with van der Waals surface area (Å²) in [5, 5.41) is 5.94. The van der Waals surface area contributed by atoms with Gasteiger partial charge in [-0.15, -0.1) is 11.3 Å². The standard InChI is InChI=1S/C8H7IN4OS/c9-6-7(12-4-13-8(6)14)11-3-5-10-1-2-15-5/h1-2,4H,3H2,(H2,11,12,13,14). The van der Waals surface area contributed by atoms with E-state index in [0.29, 0.717) is 15.9 Å². The van der Waals surface area contributed by atoms with Gasteiger partial charge in [0.1, 0.15) is 14.4 Å². The first kappa shape index (κ1) is 10.6. The van der Waals surface area contributed by atoms with Gasteiger partial charge in [-0.25, -0.2) is 9.97 Å². The van der Waals surface area contributed by atoms with Crippen LogP contribution in [0.15, 0.2) is 22.7 Å². The second-order valence-electron chi connectivity index (χ2n) is 2.67. The molecule has 2 heterocycles. The molecule has 0 aliphatic heterocycles. The van der Waals surface area contributed by atoms with Crippen LogP contribution in [0.25, 0.3) is 0 Å². The lowest BCUT2D eigenvalue weighted by molar-refractivity contribution is 1.03. The second kappa shape index (κ2) is 4.71. The Morgan fingerprint density at radius 3 is 3.13 bits per heavy atom. The molecular formula is C8H7IN4OS. The Morgan fingerprint density at radius 2 is 2.40 bits per heavy atom. The van der Waals surface area contributed by atoms with Crippen molar-refractivity contribution in [3.63, 3.8) is 0 Å². The van der Waals surface area contributed by atoms with Crippen LogP contribution < -0.4 is 10.9 Å². The molecule has 2 N–H and O–H groups in total. The van der Waals surface area contributed by atoms with Gasteiger partial charge in [-0.3, -0.25) is 4.79 Å². The zero-order valence-corrected chi connectivity index (χ0v) is 10.5. The molecule has 0 atom stereocenters. The maximum atomic E-state index is 11.2. The summed E-state index contributed by atoms with van der Waals surface area (Å²) in [4.78, 5) is 21.9. The van der Waals surface area contributed by atoms with Gasteiger partial charge in [-0.2, -0.15) is 0 Å². The highest BCUT2D eigenvalue weighted by molar-refractivity contribution is 14.1. The Hall–Kier alpha value is -0.960. The summed E-state index contributed by atoms with van der Waals surface area (Å²) in [6, 6.07) is 0. The van der Waals surface area contributed by atoms with Crippen LogP contribution in [-0.2, 0) is 6.54 Å². The summed E-state index contributed by atoms with van der Waals surface area (Å²) in [5.74, 6) is 0.592. The van der Waals surface area contributed by atoms with Crippen LogP contribution in [0.5, 0.6) is 0 Å². The van der Waals surface area contributed by atoms with Crippen molar-refractivity contribution in [2.24, 2.45) is 0 Å². The minimum Gasteiger partial charge on any atom is -0.362 e. The van der Waals surface area contributed by atoms with E-state index in [1.807, 2.05) is 28.0 Å². The average molecular weight is 334 g/mol. The first-order valence-corrected chi connectivity index (χ1v) is 6.08. The van der Waals surface area contributed by atoms with Crippen LogP contribution in [-0.4, -0.2) is 15.0 Å². The highest BCUT2D eigenvalue weighted by atomic mass is 127. The zero-order chi connectivity index (χ0) is 10.7. The van der Waals surface area contributed by atoms with Crippen LogP contribution >= 0.6 is 33.9 Å².